The molecule has 7 aromatic carbocycles. The van der Waals surface area contributed by atoms with E-state index in [1.54, 1.807) is 36.4 Å². The smallest absolute Gasteiger partial charge is 0.164 e. The maximum absolute atomic E-state index is 9.13. The fourth-order valence-electron chi connectivity index (χ4n) is 5.21. The summed E-state index contributed by atoms with van der Waals surface area (Å²) in [5.74, 6) is 0.270. The van der Waals surface area contributed by atoms with E-state index in [1.807, 2.05) is 54.6 Å². The SMILES string of the molecule is [2H]c1c([2H])c([2H])c(-c2ccc(-c3cccc(-c4nc(-c5ccccc5)nc(-c5c([2H])c([2H])c6c([2H])c([2H])c([2H])c([2H])c6c5[2H])n4)c3)c3ccccc23)c([2H])c1[2H]. The van der Waals surface area contributed by atoms with Gasteiger partial charge in [0.25, 0.3) is 0 Å². The highest BCUT2D eigenvalue weighted by molar-refractivity contribution is 6.05. The molecule has 0 saturated heterocycles. The summed E-state index contributed by atoms with van der Waals surface area (Å²) in [5.41, 5.74) is 3.06. The standard InChI is InChI=1S/C41H27N3/c1-3-13-29(14-4-1)35-24-25-36(38-21-10-9-20-37(35)38)32-18-11-19-33(27-32)40-42-39(30-15-5-2-6-16-30)43-41(44-40)34-23-22-28-12-7-8-17-31(28)26-34/h1-27H/i1D,3D,4D,7D,8D,12D,13D,14D,17D,22D,23D,26D. The van der Waals surface area contributed by atoms with Gasteiger partial charge in [-0.15, -0.1) is 0 Å². The van der Waals surface area contributed by atoms with E-state index in [0.29, 0.717) is 22.1 Å². The van der Waals surface area contributed by atoms with Crippen molar-refractivity contribution in [1.82, 2.24) is 15.0 Å². The summed E-state index contributed by atoms with van der Waals surface area (Å²) >= 11 is 0. The van der Waals surface area contributed by atoms with Gasteiger partial charge in [0.1, 0.15) is 0 Å². The van der Waals surface area contributed by atoms with Gasteiger partial charge in [0.2, 0.25) is 0 Å². The zero-order valence-corrected chi connectivity index (χ0v) is 23.0. The van der Waals surface area contributed by atoms with Crippen LogP contribution in [0.15, 0.2) is 164 Å². The second-order valence-corrected chi connectivity index (χ2v) is 9.96. The zero-order chi connectivity index (χ0) is 39.7. The van der Waals surface area contributed by atoms with Gasteiger partial charge in [-0.25, -0.2) is 15.0 Å². The third-order valence-corrected chi connectivity index (χ3v) is 7.27. The van der Waals surface area contributed by atoms with Crippen LogP contribution in [-0.4, -0.2) is 15.0 Å². The summed E-state index contributed by atoms with van der Waals surface area (Å²) in [6, 6.07) is 21.9. The van der Waals surface area contributed by atoms with E-state index in [2.05, 4.69) is 4.98 Å². The molecule has 1 heterocycles. The molecule has 0 spiro atoms. The van der Waals surface area contributed by atoms with Crippen molar-refractivity contribution in [2.24, 2.45) is 0 Å². The van der Waals surface area contributed by atoms with Crippen molar-refractivity contribution in [3.8, 4) is 56.4 Å². The van der Waals surface area contributed by atoms with E-state index < -0.39 is 60.4 Å². The molecule has 0 bridgehead atoms. The van der Waals surface area contributed by atoms with Gasteiger partial charge in [0, 0.05) is 16.7 Å². The molecule has 8 rings (SSSR count). The van der Waals surface area contributed by atoms with Crippen LogP contribution in [0.2, 0.25) is 0 Å². The Morgan fingerprint density at radius 2 is 0.955 bits per heavy atom. The molecule has 0 unspecified atom stereocenters. The number of benzene rings is 7. The van der Waals surface area contributed by atoms with E-state index >= 15 is 0 Å². The molecule has 206 valence electrons. The van der Waals surface area contributed by atoms with Crippen LogP contribution in [-0.2, 0) is 0 Å². The predicted octanol–water partition coefficient (Wildman–Crippen LogP) is 10.5. The lowest BCUT2D eigenvalue weighted by molar-refractivity contribution is 1.07. The second kappa shape index (κ2) is 11.0. The lowest BCUT2D eigenvalue weighted by atomic mass is 9.91. The topological polar surface area (TPSA) is 38.7 Å². The third kappa shape index (κ3) is 4.81. The van der Waals surface area contributed by atoms with Crippen LogP contribution in [0.1, 0.15) is 16.4 Å². The largest absolute Gasteiger partial charge is 0.208 e. The van der Waals surface area contributed by atoms with Crippen molar-refractivity contribution in [3.63, 3.8) is 0 Å². The number of rotatable bonds is 5. The molecule has 0 aliphatic heterocycles. The van der Waals surface area contributed by atoms with Crippen LogP contribution in [0, 0.1) is 0 Å². The molecule has 0 radical (unpaired) electrons. The fraction of sp³-hybridized carbons (Fsp3) is 0. The lowest BCUT2D eigenvalue weighted by Crippen LogP contribution is -2.00. The summed E-state index contributed by atoms with van der Waals surface area (Å²) in [6.07, 6.45) is 0. The Bertz CT molecular complexity index is 2930. The van der Waals surface area contributed by atoms with E-state index in [9.17, 15) is 0 Å². The second-order valence-electron chi connectivity index (χ2n) is 9.96. The van der Waals surface area contributed by atoms with Crippen molar-refractivity contribution in [2.75, 3.05) is 0 Å². The molecule has 44 heavy (non-hydrogen) atoms. The Labute approximate surface area is 273 Å². The van der Waals surface area contributed by atoms with Gasteiger partial charge in [0.15, 0.2) is 17.5 Å². The molecule has 1 aromatic heterocycles. The summed E-state index contributed by atoms with van der Waals surface area (Å²) in [4.78, 5) is 14.2. The number of aromatic nitrogens is 3. The van der Waals surface area contributed by atoms with E-state index in [0.717, 1.165) is 16.5 Å². The Morgan fingerprint density at radius 1 is 0.386 bits per heavy atom. The minimum atomic E-state index is -0.564. The van der Waals surface area contributed by atoms with Crippen molar-refractivity contribution in [3.05, 3.63) is 164 Å². The first kappa shape index (κ1) is 16.1. The van der Waals surface area contributed by atoms with Gasteiger partial charge in [-0.1, -0.05) is 151 Å². The third-order valence-electron chi connectivity index (χ3n) is 7.27. The van der Waals surface area contributed by atoms with Gasteiger partial charge in [-0.3, -0.25) is 0 Å². The minimum absolute atomic E-state index is 0.0984. The van der Waals surface area contributed by atoms with Crippen molar-refractivity contribution >= 4 is 21.5 Å². The minimum Gasteiger partial charge on any atom is -0.208 e. The van der Waals surface area contributed by atoms with Crippen molar-refractivity contribution in [1.29, 1.82) is 0 Å². The van der Waals surface area contributed by atoms with Crippen molar-refractivity contribution in [2.45, 2.75) is 0 Å². The summed E-state index contributed by atoms with van der Waals surface area (Å²) in [6.45, 7) is 0. The van der Waals surface area contributed by atoms with Gasteiger partial charge < -0.3 is 0 Å². The normalized spacial score (nSPS) is 15.0. The Hall–Kier alpha value is -5.93. The first-order valence-electron chi connectivity index (χ1n) is 19.8. The average Bonchev–Trinajstić information content (AvgIpc) is 3.22. The first-order chi connectivity index (χ1) is 26.8. The van der Waals surface area contributed by atoms with E-state index in [1.165, 1.54) is 0 Å². The first-order valence-corrected chi connectivity index (χ1v) is 13.8. The zero-order valence-electron chi connectivity index (χ0n) is 35.0. The number of hydrogen-bond donors (Lipinski definition) is 0. The Morgan fingerprint density at radius 3 is 1.70 bits per heavy atom. The quantitative estimate of drug-likeness (QED) is 0.206. The fourth-order valence-corrected chi connectivity index (χ4v) is 5.21. The molecule has 0 fully saturated rings. The van der Waals surface area contributed by atoms with Crippen LogP contribution in [0.5, 0.6) is 0 Å². The maximum atomic E-state index is 9.13. The maximum Gasteiger partial charge on any atom is 0.164 e. The molecule has 8 aromatic rings. The van der Waals surface area contributed by atoms with Crippen LogP contribution in [0.4, 0.5) is 0 Å². The highest BCUT2D eigenvalue weighted by Crippen LogP contribution is 2.37. The molecule has 0 amide bonds. The monoisotopic (exact) mass is 573 g/mol. The van der Waals surface area contributed by atoms with Crippen LogP contribution < -0.4 is 0 Å². The van der Waals surface area contributed by atoms with Gasteiger partial charge in [0.05, 0.1) is 16.4 Å². The molecule has 0 aliphatic rings. The van der Waals surface area contributed by atoms with Crippen LogP contribution >= 0.6 is 0 Å². The molecule has 0 aliphatic carbocycles. The van der Waals surface area contributed by atoms with Gasteiger partial charge in [-0.2, -0.15) is 0 Å². The molecule has 3 heteroatoms. The number of fused-ring (bicyclic) bond motifs is 2. The van der Waals surface area contributed by atoms with Gasteiger partial charge in [-0.05, 0) is 55.9 Å². The molecule has 0 N–H and O–H groups in total. The van der Waals surface area contributed by atoms with Gasteiger partial charge >= 0.3 is 0 Å². The highest BCUT2D eigenvalue weighted by atomic mass is 15.0. The Balaban J connectivity index is 1.34. The number of nitrogens with zero attached hydrogens (tertiary/aromatic N) is 3. The summed E-state index contributed by atoms with van der Waals surface area (Å²) in [5, 5.41) is 0.992. The van der Waals surface area contributed by atoms with Crippen LogP contribution in [0.25, 0.3) is 78.0 Å². The highest BCUT2D eigenvalue weighted by Gasteiger charge is 2.15. The lowest BCUT2D eigenvalue weighted by Gasteiger charge is -2.13. The average molecular weight is 574 g/mol. The molecule has 0 atom stereocenters. The summed E-state index contributed by atoms with van der Waals surface area (Å²) < 4.78 is 102. The van der Waals surface area contributed by atoms with Crippen LogP contribution in [0.3, 0.4) is 0 Å². The molecule has 0 saturated carbocycles. The molecule has 3 nitrogen and oxygen atoms in total. The molecular weight excluding hydrogens is 534 g/mol. The van der Waals surface area contributed by atoms with E-state index in [-0.39, 0.29) is 51.5 Å². The summed E-state index contributed by atoms with van der Waals surface area (Å²) in [7, 11) is 0. The predicted molar refractivity (Wildman–Crippen MR) is 182 cm³/mol. The molecular formula is C41H27N3. The van der Waals surface area contributed by atoms with Crippen molar-refractivity contribution < 1.29 is 16.4 Å². The number of hydrogen-bond acceptors (Lipinski definition) is 3. The van der Waals surface area contributed by atoms with E-state index in [4.69, 9.17) is 26.4 Å². The Kier molecular flexibility index (Phi) is 4.03.